The normalized spacial score (nSPS) is 18.9. The fourth-order valence-corrected chi connectivity index (χ4v) is 5.00. The number of nitrogens with two attached hydrogens (primary N) is 1. The molecule has 3 heterocycles. The second kappa shape index (κ2) is 7.50. The van der Waals surface area contributed by atoms with Crippen LogP contribution in [0, 0.1) is 5.41 Å². The number of piperidine rings is 1. The molecule has 0 radical (unpaired) electrons. The molecule has 5 N–H and O–H groups in total. The summed E-state index contributed by atoms with van der Waals surface area (Å²) < 4.78 is 2.24. The molecule has 162 valence electrons. The topological polar surface area (TPSA) is 113 Å². The lowest BCUT2D eigenvalue weighted by Crippen LogP contribution is -2.57. The number of fused-ring (bicyclic) bond motifs is 1. The minimum Gasteiger partial charge on any atom is -0.507 e. The van der Waals surface area contributed by atoms with Crippen LogP contribution in [0.5, 0.6) is 5.75 Å². The third-order valence-electron chi connectivity index (χ3n) is 5.97. The molecule has 0 saturated carbocycles. The van der Waals surface area contributed by atoms with E-state index < -0.39 is 0 Å². The maximum atomic E-state index is 10.6. The Kier molecular flexibility index (Phi) is 5.09. The quantitative estimate of drug-likeness (QED) is 0.474. The molecule has 1 aromatic carbocycles. The molecule has 2 aromatic heterocycles. The smallest absolute Gasteiger partial charge is 0.162 e. The monoisotopic (exact) mass is 418 g/mol. The molecule has 1 fully saturated rings. The Bertz CT molecular complexity index is 1160. The van der Waals surface area contributed by atoms with Crippen LogP contribution in [0.2, 0.25) is 0 Å². The van der Waals surface area contributed by atoms with Gasteiger partial charge in [-0.05, 0) is 70.4 Å². The van der Waals surface area contributed by atoms with Crippen molar-refractivity contribution in [3.63, 3.8) is 0 Å². The molecule has 0 aliphatic carbocycles. The summed E-state index contributed by atoms with van der Waals surface area (Å²) in [7, 11) is 0. The first-order chi connectivity index (χ1) is 14.6. The van der Waals surface area contributed by atoms with Crippen molar-refractivity contribution in [2.45, 2.75) is 57.7 Å². The van der Waals surface area contributed by atoms with Gasteiger partial charge in [0.2, 0.25) is 0 Å². The molecular formula is C24H30N6O. The zero-order chi connectivity index (χ0) is 22.4. The van der Waals surface area contributed by atoms with Crippen molar-refractivity contribution in [2.24, 2.45) is 5.73 Å². The number of hydrogen-bond donors (Lipinski definition) is 4. The van der Waals surface area contributed by atoms with Crippen LogP contribution in [-0.4, -0.2) is 37.2 Å². The zero-order valence-electron chi connectivity index (χ0n) is 18.5. The van der Waals surface area contributed by atoms with E-state index in [1.165, 1.54) is 6.20 Å². The third kappa shape index (κ3) is 4.05. The van der Waals surface area contributed by atoms with Crippen LogP contribution in [0.15, 0.2) is 42.7 Å². The number of nitrogens with one attached hydrogen (secondary N) is 2. The van der Waals surface area contributed by atoms with Crippen LogP contribution in [0.4, 0.5) is 0 Å². The first kappa shape index (κ1) is 21.1. The summed E-state index contributed by atoms with van der Waals surface area (Å²) in [5.41, 5.74) is 8.90. The molecule has 7 heteroatoms. The van der Waals surface area contributed by atoms with E-state index in [2.05, 4.69) is 60.0 Å². The van der Waals surface area contributed by atoms with Crippen molar-refractivity contribution in [3.05, 3.63) is 48.3 Å². The summed E-state index contributed by atoms with van der Waals surface area (Å²) in [5.74, 6) is 0.0774. The van der Waals surface area contributed by atoms with Gasteiger partial charge in [0, 0.05) is 52.3 Å². The molecular weight excluding hydrogens is 388 g/mol. The van der Waals surface area contributed by atoms with Gasteiger partial charge < -0.3 is 26.1 Å². The van der Waals surface area contributed by atoms with E-state index in [9.17, 15) is 5.11 Å². The number of phenols is 1. The largest absolute Gasteiger partial charge is 0.507 e. The van der Waals surface area contributed by atoms with Crippen molar-refractivity contribution in [1.82, 2.24) is 20.1 Å². The average molecular weight is 419 g/mol. The maximum absolute atomic E-state index is 10.6. The van der Waals surface area contributed by atoms with Crippen molar-refractivity contribution in [1.29, 1.82) is 5.41 Å². The van der Waals surface area contributed by atoms with E-state index in [0.717, 1.165) is 30.1 Å². The van der Waals surface area contributed by atoms with Crippen LogP contribution < -0.4 is 11.1 Å². The van der Waals surface area contributed by atoms with E-state index in [1.807, 2.05) is 12.1 Å². The summed E-state index contributed by atoms with van der Waals surface area (Å²) in [6.45, 7) is 8.97. The van der Waals surface area contributed by atoms with Gasteiger partial charge in [0.25, 0.3) is 0 Å². The Labute approximate surface area is 182 Å². The molecule has 0 unspecified atom stereocenters. The van der Waals surface area contributed by atoms with Gasteiger partial charge in [0.1, 0.15) is 5.75 Å². The highest BCUT2D eigenvalue weighted by Gasteiger charge is 2.38. The summed E-state index contributed by atoms with van der Waals surface area (Å²) in [5, 5.41) is 31.7. The molecule has 0 spiro atoms. The highest BCUT2D eigenvalue weighted by molar-refractivity contribution is 6.08. The number of phenolic OH excluding ortho intramolecular Hbond substituents is 1. The number of aromatic nitrogens is 3. The van der Waals surface area contributed by atoms with Crippen LogP contribution in [0.1, 0.15) is 52.1 Å². The van der Waals surface area contributed by atoms with Crippen LogP contribution in [0.25, 0.3) is 27.9 Å². The fraction of sp³-hybridized carbons (Fsp3) is 0.375. The van der Waals surface area contributed by atoms with Gasteiger partial charge in [0.15, 0.2) is 5.65 Å². The lowest BCUT2D eigenvalue weighted by atomic mass is 9.79. The van der Waals surface area contributed by atoms with Gasteiger partial charge in [-0.1, -0.05) is 6.07 Å². The van der Waals surface area contributed by atoms with Gasteiger partial charge in [0.05, 0.1) is 5.69 Å². The van der Waals surface area contributed by atoms with Gasteiger partial charge >= 0.3 is 0 Å². The second-order valence-corrected chi connectivity index (χ2v) is 9.68. The maximum Gasteiger partial charge on any atom is 0.162 e. The number of nitrogens with zero attached hydrogens (tertiary/aromatic N) is 3. The number of aromatic hydroxyl groups is 1. The minimum absolute atomic E-state index is 0.0389. The molecule has 31 heavy (non-hydrogen) atoms. The molecule has 0 bridgehead atoms. The number of hydrogen-bond acceptors (Lipinski definition) is 6. The van der Waals surface area contributed by atoms with Crippen molar-refractivity contribution >= 4 is 22.8 Å². The Hall–Kier alpha value is -3.19. The predicted octanol–water partition coefficient (Wildman–Crippen LogP) is 4.23. The Morgan fingerprint density at radius 1 is 1.16 bits per heavy atom. The van der Waals surface area contributed by atoms with E-state index in [1.54, 1.807) is 12.1 Å². The van der Waals surface area contributed by atoms with E-state index >= 15 is 0 Å². The molecule has 0 atom stereocenters. The van der Waals surface area contributed by atoms with Crippen LogP contribution >= 0.6 is 0 Å². The minimum atomic E-state index is 0.0389. The summed E-state index contributed by atoms with van der Waals surface area (Å²) in [4.78, 5) is 0. The van der Waals surface area contributed by atoms with E-state index in [0.29, 0.717) is 28.4 Å². The number of rotatable bonds is 4. The van der Waals surface area contributed by atoms with Crippen LogP contribution in [-0.2, 0) is 0 Å². The van der Waals surface area contributed by atoms with Crippen LogP contribution in [0.3, 0.4) is 0 Å². The third-order valence-corrected chi connectivity index (χ3v) is 5.97. The fourth-order valence-electron chi connectivity index (χ4n) is 5.00. The first-order valence-corrected chi connectivity index (χ1v) is 10.5. The first-order valence-electron chi connectivity index (χ1n) is 10.5. The predicted molar refractivity (Wildman–Crippen MR) is 125 cm³/mol. The molecule has 0 amide bonds. The average Bonchev–Trinajstić information content (AvgIpc) is 3.10. The Balaban J connectivity index is 1.69. The van der Waals surface area contributed by atoms with Crippen molar-refractivity contribution in [3.8, 4) is 17.0 Å². The number of benzene rings is 1. The standard InChI is InChI=1S/C24H30N6O/c1-23(2)11-18(12-24(3,4)29-23)30-8-7-16-9-20(27-28-22(16)30)19-6-5-15(10-21(19)31)17(13-25)14-26/h5-10,13-14,18,25,29,31H,11-12,26H2,1-4H3/b17-14+,25-13?. The van der Waals surface area contributed by atoms with Gasteiger partial charge in [-0.15, -0.1) is 10.2 Å². The van der Waals surface area contributed by atoms with Gasteiger partial charge in [-0.2, -0.15) is 0 Å². The van der Waals surface area contributed by atoms with E-state index in [-0.39, 0.29) is 16.8 Å². The summed E-state index contributed by atoms with van der Waals surface area (Å²) >= 11 is 0. The Morgan fingerprint density at radius 3 is 2.48 bits per heavy atom. The van der Waals surface area contributed by atoms with E-state index in [4.69, 9.17) is 11.1 Å². The molecule has 1 aliphatic heterocycles. The molecule has 7 nitrogen and oxygen atoms in total. The summed E-state index contributed by atoms with van der Waals surface area (Å²) in [6, 6.07) is 9.54. The molecule has 1 aliphatic rings. The SMILES string of the molecule is CC1(C)CC(n2ccc3cc(-c4ccc(/C(C=N)=C/N)cc4O)nnc32)CC(C)(C)N1. The van der Waals surface area contributed by atoms with Crippen molar-refractivity contribution in [2.75, 3.05) is 0 Å². The summed E-state index contributed by atoms with van der Waals surface area (Å²) in [6.07, 6.45) is 6.62. The highest BCUT2D eigenvalue weighted by atomic mass is 16.3. The molecule has 3 aromatic rings. The zero-order valence-corrected chi connectivity index (χ0v) is 18.5. The lowest BCUT2D eigenvalue weighted by molar-refractivity contribution is 0.134. The lowest BCUT2D eigenvalue weighted by Gasteiger charge is -2.47. The second-order valence-electron chi connectivity index (χ2n) is 9.68. The van der Waals surface area contributed by atoms with Crippen molar-refractivity contribution < 1.29 is 5.11 Å². The van der Waals surface area contributed by atoms with Gasteiger partial charge in [-0.25, -0.2) is 0 Å². The molecule has 4 rings (SSSR count). The number of allylic oxidation sites excluding steroid dienone is 1. The Morgan fingerprint density at radius 2 is 1.87 bits per heavy atom. The van der Waals surface area contributed by atoms with Gasteiger partial charge in [-0.3, -0.25) is 0 Å². The molecule has 1 saturated heterocycles. The highest BCUT2D eigenvalue weighted by Crippen LogP contribution is 2.38.